The molecule has 0 saturated heterocycles. The van der Waals surface area contributed by atoms with Crippen LogP contribution in [0.1, 0.15) is 44.1 Å². The second-order valence-corrected chi connectivity index (χ2v) is 11.9. The van der Waals surface area contributed by atoms with Crippen LogP contribution in [-0.4, -0.2) is 39.3 Å². The van der Waals surface area contributed by atoms with E-state index in [0.29, 0.717) is 0 Å². The molecule has 1 fully saturated rings. The van der Waals surface area contributed by atoms with Crippen LogP contribution in [0.5, 0.6) is 0 Å². The van der Waals surface area contributed by atoms with Crippen LogP contribution >= 0.6 is 22.9 Å². The van der Waals surface area contributed by atoms with Gasteiger partial charge in [-0.3, -0.25) is 23.9 Å². The van der Waals surface area contributed by atoms with Crippen LogP contribution in [0, 0.1) is 17.7 Å². The number of hydrogen-bond acceptors (Lipinski definition) is 6. The largest absolute Gasteiger partial charge is 0.425 e. The number of nitrogens with zero attached hydrogens (tertiary/aromatic N) is 2. The van der Waals surface area contributed by atoms with Crippen molar-refractivity contribution in [1.29, 1.82) is 0 Å². The molecule has 44 heavy (non-hydrogen) atoms. The van der Waals surface area contributed by atoms with Crippen molar-refractivity contribution in [3.63, 3.8) is 0 Å². The molecule has 0 radical (unpaired) electrons. The van der Waals surface area contributed by atoms with Crippen molar-refractivity contribution >= 4 is 56.5 Å². The predicted molar refractivity (Wildman–Crippen MR) is 151 cm³/mol. The second kappa shape index (κ2) is 11.7. The Hall–Kier alpha value is -4.17. The number of aromatic nitrogens is 2. The van der Waals surface area contributed by atoms with E-state index in [9.17, 15) is 36.7 Å². The number of Topliss-reactive ketones (excluding diaryl/α,β-unsaturated/α-hetero) is 2. The topological polar surface area (TPSA) is 138 Å². The maximum Gasteiger partial charge on any atom is 0.425 e. The fourth-order valence-corrected chi connectivity index (χ4v) is 6.70. The van der Waals surface area contributed by atoms with E-state index in [1.54, 1.807) is 0 Å². The summed E-state index contributed by atoms with van der Waals surface area (Å²) in [5.41, 5.74) is 10.2. The van der Waals surface area contributed by atoms with Crippen molar-refractivity contribution in [3.05, 3.63) is 75.0 Å². The number of nitrogens with two attached hydrogens (primary N) is 2. The van der Waals surface area contributed by atoms with E-state index >= 15 is 4.39 Å². The Balaban J connectivity index is 1.40. The first kappa shape index (κ1) is 31.3. The number of carbonyl (C=O) groups excluding carboxylic acids is 4. The van der Waals surface area contributed by atoms with Gasteiger partial charge in [0.15, 0.2) is 11.5 Å². The molecule has 0 aliphatic heterocycles. The van der Waals surface area contributed by atoms with Gasteiger partial charge in [0.1, 0.15) is 29.2 Å². The lowest BCUT2D eigenvalue weighted by molar-refractivity contribution is -0.134. The first-order chi connectivity index (χ1) is 20.6. The molecule has 1 unspecified atom stereocenters. The summed E-state index contributed by atoms with van der Waals surface area (Å²) >= 11 is 6.48. The highest BCUT2D eigenvalue weighted by molar-refractivity contribution is 7.19. The van der Waals surface area contributed by atoms with E-state index in [4.69, 9.17) is 23.1 Å². The van der Waals surface area contributed by atoms with E-state index in [1.165, 1.54) is 36.4 Å². The van der Waals surface area contributed by atoms with Gasteiger partial charge < -0.3 is 11.5 Å². The molecule has 1 aliphatic rings. The van der Waals surface area contributed by atoms with Gasteiger partial charge in [0.05, 0.1) is 10.2 Å². The molecule has 2 amide bonds. The molecule has 4 N–H and O–H groups in total. The van der Waals surface area contributed by atoms with Crippen molar-refractivity contribution in [2.24, 2.45) is 23.3 Å². The monoisotopic (exact) mass is 652 g/mol. The lowest BCUT2D eigenvalue weighted by atomic mass is 9.85. The molecule has 1 aliphatic carbocycles. The average molecular weight is 653 g/mol. The highest BCUT2D eigenvalue weighted by atomic mass is 35.5. The molecule has 2 aromatic heterocycles. The summed E-state index contributed by atoms with van der Waals surface area (Å²) in [4.78, 5) is 49.1. The molecule has 2 heterocycles. The zero-order valence-electron chi connectivity index (χ0n) is 22.5. The molecule has 15 heteroatoms. The van der Waals surface area contributed by atoms with E-state index in [2.05, 4.69) is 5.10 Å². The fraction of sp³-hybridized carbons (Fsp3) is 0.276. The molecule has 0 spiro atoms. The normalized spacial score (nSPS) is 18.5. The van der Waals surface area contributed by atoms with Crippen LogP contribution in [0.2, 0.25) is 5.02 Å². The van der Waals surface area contributed by atoms with Gasteiger partial charge in [-0.05, 0) is 42.7 Å². The molecule has 5 rings (SSSR count). The number of hydrogen-bond donors (Lipinski definition) is 2. The summed E-state index contributed by atoms with van der Waals surface area (Å²) in [7, 11) is 0. The van der Waals surface area contributed by atoms with Gasteiger partial charge in [0.25, 0.3) is 5.91 Å². The number of benzene rings is 2. The minimum absolute atomic E-state index is 0.00670. The number of thiophene rings is 1. The number of amides is 2. The molecule has 4 aromatic rings. The van der Waals surface area contributed by atoms with Gasteiger partial charge in [0, 0.05) is 40.0 Å². The SMILES string of the molecule is NC(=O)c1ccc(Cl)c(-c2cccc(CC(=O)[C@@H]3C[C@@H](F)CC3C(=O)Cn3nc(C(N)=O)c4sc(C(F)(F)F)cc43)c2F)c1. The third kappa shape index (κ3) is 5.95. The average Bonchev–Trinajstić information content (AvgIpc) is 3.64. The second-order valence-electron chi connectivity index (χ2n) is 10.4. The lowest BCUT2D eigenvalue weighted by Gasteiger charge is -2.18. The minimum Gasteiger partial charge on any atom is -0.366 e. The Kier molecular flexibility index (Phi) is 8.33. The van der Waals surface area contributed by atoms with Crippen LogP contribution in [0.3, 0.4) is 0 Å². The number of rotatable bonds is 9. The zero-order chi connectivity index (χ0) is 32.1. The van der Waals surface area contributed by atoms with E-state index in [1.807, 2.05) is 0 Å². The van der Waals surface area contributed by atoms with Crippen molar-refractivity contribution in [3.8, 4) is 11.1 Å². The number of halogens is 6. The summed E-state index contributed by atoms with van der Waals surface area (Å²) < 4.78 is 70.9. The van der Waals surface area contributed by atoms with Crippen LogP contribution in [0.25, 0.3) is 21.3 Å². The third-order valence-corrected chi connectivity index (χ3v) is 9.07. The highest BCUT2D eigenvalue weighted by Gasteiger charge is 2.43. The summed E-state index contributed by atoms with van der Waals surface area (Å²) in [6.07, 6.45) is -7.37. The van der Waals surface area contributed by atoms with Crippen molar-refractivity contribution in [2.45, 2.75) is 38.2 Å². The van der Waals surface area contributed by atoms with Crippen molar-refractivity contribution < 1.29 is 41.1 Å². The van der Waals surface area contributed by atoms with E-state index < -0.39 is 76.9 Å². The number of alkyl halides is 4. The van der Waals surface area contributed by atoms with Crippen LogP contribution in [-0.2, 0) is 28.7 Å². The lowest BCUT2D eigenvalue weighted by Crippen LogP contribution is -2.29. The number of ketones is 2. The Bertz CT molecular complexity index is 1840. The molecular weight excluding hydrogens is 631 g/mol. The van der Waals surface area contributed by atoms with Gasteiger partial charge in [-0.15, -0.1) is 11.3 Å². The molecule has 230 valence electrons. The first-order valence-corrected chi connectivity index (χ1v) is 14.3. The Labute approximate surface area is 254 Å². The third-order valence-electron chi connectivity index (χ3n) is 7.56. The first-order valence-electron chi connectivity index (χ1n) is 13.1. The summed E-state index contributed by atoms with van der Waals surface area (Å²) in [6, 6.07) is 9.03. The molecule has 3 atom stereocenters. The van der Waals surface area contributed by atoms with Gasteiger partial charge in [-0.1, -0.05) is 29.8 Å². The van der Waals surface area contributed by atoms with Crippen LogP contribution in [0.4, 0.5) is 22.0 Å². The van der Waals surface area contributed by atoms with Crippen molar-refractivity contribution in [1.82, 2.24) is 9.78 Å². The molecule has 0 bridgehead atoms. The van der Waals surface area contributed by atoms with Gasteiger partial charge in [0.2, 0.25) is 5.91 Å². The highest BCUT2D eigenvalue weighted by Crippen LogP contribution is 2.41. The Morgan fingerprint density at radius 2 is 1.66 bits per heavy atom. The molecular formula is C29H22ClF5N4O4S. The quantitative estimate of drug-likeness (QED) is 0.229. The van der Waals surface area contributed by atoms with E-state index in [-0.39, 0.29) is 61.7 Å². The number of carbonyl (C=O) groups is 4. The Morgan fingerprint density at radius 3 is 2.30 bits per heavy atom. The smallest absolute Gasteiger partial charge is 0.366 e. The van der Waals surface area contributed by atoms with Gasteiger partial charge in [-0.25, -0.2) is 8.78 Å². The summed E-state index contributed by atoms with van der Waals surface area (Å²) in [6.45, 7) is -0.641. The zero-order valence-corrected chi connectivity index (χ0v) is 24.0. The number of fused-ring (bicyclic) bond motifs is 1. The maximum absolute atomic E-state index is 15.6. The fourth-order valence-electron chi connectivity index (χ4n) is 5.46. The standard InChI is InChI=1S/C29H22ClF5N4O4S/c30-19-5-4-13(27(36)42)6-16(19)15-3-1-2-12(24(15)32)7-21(40)17-8-14(31)9-18(17)22(41)11-39-20-10-23(29(33,34)35)44-26(20)25(38-39)28(37)43/h1-6,10,14,17-18H,7-9,11H2,(H2,36,42)(H2,37,43)/t14-,17-,18?/m1/s1. The summed E-state index contributed by atoms with van der Waals surface area (Å²) in [5.74, 6) is -6.27. The van der Waals surface area contributed by atoms with Gasteiger partial charge in [-0.2, -0.15) is 18.3 Å². The van der Waals surface area contributed by atoms with Crippen LogP contribution < -0.4 is 11.5 Å². The number of primary amides is 2. The Morgan fingerprint density at radius 1 is 0.977 bits per heavy atom. The molecule has 1 saturated carbocycles. The van der Waals surface area contributed by atoms with Crippen molar-refractivity contribution in [2.75, 3.05) is 0 Å². The van der Waals surface area contributed by atoms with Crippen LogP contribution in [0.15, 0.2) is 42.5 Å². The minimum atomic E-state index is -4.72. The maximum atomic E-state index is 15.6. The van der Waals surface area contributed by atoms with Gasteiger partial charge >= 0.3 is 6.18 Å². The molecule has 2 aromatic carbocycles. The summed E-state index contributed by atoms with van der Waals surface area (Å²) in [5, 5.41) is 4.03. The molecule has 8 nitrogen and oxygen atoms in total. The van der Waals surface area contributed by atoms with E-state index in [0.717, 1.165) is 10.7 Å². The predicted octanol–water partition coefficient (Wildman–Crippen LogP) is 5.52.